The van der Waals surface area contributed by atoms with Crippen LogP contribution in [0.25, 0.3) is 28.0 Å². The van der Waals surface area contributed by atoms with E-state index in [1.54, 1.807) is 6.07 Å². The summed E-state index contributed by atoms with van der Waals surface area (Å²) in [6, 6.07) is 12.3. The van der Waals surface area contributed by atoms with Crippen molar-refractivity contribution in [2.75, 3.05) is 0 Å². The van der Waals surface area contributed by atoms with Crippen LogP contribution in [0.1, 0.15) is 50.2 Å². The molecule has 0 heterocycles. The zero-order valence-electron chi connectivity index (χ0n) is 18.5. The van der Waals surface area contributed by atoms with Gasteiger partial charge in [0.1, 0.15) is 5.82 Å². The first kappa shape index (κ1) is 22.4. The molecule has 0 aliphatic heterocycles. The largest absolute Gasteiger partial charge is 0.206 e. The minimum absolute atomic E-state index is 0.148. The van der Waals surface area contributed by atoms with Crippen LogP contribution in [0.3, 0.4) is 0 Å². The lowest BCUT2D eigenvalue weighted by atomic mass is 9.79. The smallest absolute Gasteiger partial charge is 0.170 e. The topological polar surface area (TPSA) is 0 Å². The Balaban J connectivity index is 1.49. The van der Waals surface area contributed by atoms with E-state index in [1.165, 1.54) is 49.5 Å². The van der Waals surface area contributed by atoms with Gasteiger partial charge in [-0.3, -0.25) is 0 Å². The summed E-state index contributed by atoms with van der Waals surface area (Å²) in [4.78, 5) is 0. The van der Waals surface area contributed by atoms with Gasteiger partial charge in [0.05, 0.1) is 5.39 Å². The molecule has 1 fully saturated rings. The van der Waals surface area contributed by atoms with E-state index in [2.05, 4.69) is 25.7 Å². The van der Waals surface area contributed by atoms with Crippen LogP contribution in [0.2, 0.25) is 0 Å². The van der Waals surface area contributed by atoms with E-state index < -0.39 is 17.5 Å². The second kappa shape index (κ2) is 9.77. The Hall–Kier alpha value is -2.81. The number of rotatable bonds is 6. The molecule has 0 radical (unpaired) electrons. The predicted octanol–water partition coefficient (Wildman–Crippen LogP) is 8.88. The summed E-state index contributed by atoms with van der Waals surface area (Å²) in [5.74, 6) is -1.46. The molecule has 32 heavy (non-hydrogen) atoms. The van der Waals surface area contributed by atoms with Gasteiger partial charge >= 0.3 is 0 Å². The van der Waals surface area contributed by atoms with Gasteiger partial charge in [0.2, 0.25) is 0 Å². The molecule has 4 rings (SSSR count). The highest BCUT2D eigenvalue weighted by atomic mass is 19.2. The Bertz CT molecular complexity index is 1130. The molecule has 1 aliphatic rings. The number of aryl methyl sites for hydroxylation is 1. The second-order valence-electron chi connectivity index (χ2n) is 8.87. The Kier molecular flexibility index (Phi) is 6.83. The molecule has 0 aromatic heterocycles. The fourth-order valence-electron chi connectivity index (χ4n) is 4.93. The predicted molar refractivity (Wildman–Crippen MR) is 128 cm³/mol. The number of hydrogen-bond donors (Lipinski definition) is 0. The maximum Gasteiger partial charge on any atom is 0.170 e. The Morgan fingerprint density at radius 2 is 1.62 bits per heavy atom. The summed E-state index contributed by atoms with van der Waals surface area (Å²) in [6.45, 7) is 5.61. The van der Waals surface area contributed by atoms with Crippen molar-refractivity contribution >= 4 is 16.8 Å². The molecule has 0 unspecified atom stereocenters. The van der Waals surface area contributed by atoms with Crippen molar-refractivity contribution in [3.8, 4) is 11.1 Å². The third-order valence-electron chi connectivity index (χ3n) is 6.83. The number of halogens is 3. The lowest BCUT2D eigenvalue weighted by Gasteiger charge is -2.26. The van der Waals surface area contributed by atoms with Gasteiger partial charge in [0.25, 0.3) is 0 Å². The normalized spacial score (nSPS) is 19.0. The highest BCUT2D eigenvalue weighted by Gasteiger charge is 2.20. The summed E-state index contributed by atoms with van der Waals surface area (Å²) >= 11 is 0. The molecule has 0 saturated heterocycles. The molecule has 0 N–H and O–H groups in total. The Morgan fingerprint density at radius 3 is 2.28 bits per heavy atom. The SMILES string of the molecule is C=Cc1ccc2cc(-c3ccc(CCC4CCC(/C=C/C)CC4)cc3)c(F)c(F)c2c1F. The average Bonchev–Trinajstić information content (AvgIpc) is 2.81. The molecule has 166 valence electrons. The van der Waals surface area contributed by atoms with Crippen molar-refractivity contribution in [3.05, 3.63) is 89.8 Å². The van der Waals surface area contributed by atoms with E-state index in [9.17, 15) is 13.2 Å². The van der Waals surface area contributed by atoms with Crippen molar-refractivity contribution in [2.45, 2.75) is 45.4 Å². The van der Waals surface area contributed by atoms with E-state index in [0.717, 1.165) is 24.7 Å². The lowest BCUT2D eigenvalue weighted by Crippen LogP contribution is -2.13. The summed E-state index contributed by atoms with van der Waals surface area (Å²) in [6.07, 6.45) is 13.0. The quantitative estimate of drug-likeness (QED) is 0.340. The molecule has 0 bridgehead atoms. The fourth-order valence-corrected chi connectivity index (χ4v) is 4.93. The number of allylic oxidation sites excluding steroid dienone is 2. The van der Waals surface area contributed by atoms with Crippen LogP contribution in [-0.4, -0.2) is 0 Å². The van der Waals surface area contributed by atoms with Crippen LogP contribution in [0.4, 0.5) is 13.2 Å². The number of fused-ring (bicyclic) bond motifs is 1. The average molecular weight is 435 g/mol. The number of hydrogen-bond acceptors (Lipinski definition) is 0. The molecular weight excluding hydrogens is 405 g/mol. The minimum atomic E-state index is -1.16. The van der Waals surface area contributed by atoms with Gasteiger partial charge in [-0.25, -0.2) is 13.2 Å². The Morgan fingerprint density at radius 1 is 0.906 bits per heavy atom. The van der Waals surface area contributed by atoms with Crippen LogP contribution in [0, 0.1) is 29.3 Å². The maximum absolute atomic E-state index is 14.8. The highest BCUT2D eigenvalue weighted by Crippen LogP contribution is 2.35. The van der Waals surface area contributed by atoms with Crippen molar-refractivity contribution in [1.82, 2.24) is 0 Å². The van der Waals surface area contributed by atoms with Crippen molar-refractivity contribution < 1.29 is 13.2 Å². The molecule has 3 aromatic rings. The Labute approximate surface area is 188 Å². The zero-order chi connectivity index (χ0) is 22.7. The minimum Gasteiger partial charge on any atom is -0.206 e. The highest BCUT2D eigenvalue weighted by molar-refractivity contribution is 5.90. The third kappa shape index (κ3) is 4.53. The van der Waals surface area contributed by atoms with E-state index in [0.29, 0.717) is 10.9 Å². The van der Waals surface area contributed by atoms with Gasteiger partial charge in [-0.15, -0.1) is 0 Å². The summed E-state index contributed by atoms with van der Waals surface area (Å²) in [5, 5.41) is 0.00372. The second-order valence-corrected chi connectivity index (χ2v) is 8.87. The van der Waals surface area contributed by atoms with Gasteiger partial charge < -0.3 is 0 Å². The zero-order valence-corrected chi connectivity index (χ0v) is 18.5. The molecule has 3 heteroatoms. The molecule has 1 saturated carbocycles. The standard InChI is InChI=1S/C29H29F3/c1-3-5-19-6-8-20(9-7-19)10-11-21-12-14-23(15-13-21)25-18-24-17-16-22(4-2)27(30)26(24)29(32)28(25)31/h3-5,12-20H,2,6-11H2,1H3/b5-3+. The van der Waals surface area contributed by atoms with Crippen LogP contribution >= 0.6 is 0 Å². The van der Waals surface area contributed by atoms with Crippen molar-refractivity contribution in [1.29, 1.82) is 0 Å². The lowest BCUT2D eigenvalue weighted by molar-refractivity contribution is 0.296. The molecule has 0 spiro atoms. The summed E-state index contributed by atoms with van der Waals surface area (Å²) < 4.78 is 44.1. The van der Waals surface area contributed by atoms with E-state index in [1.807, 2.05) is 24.3 Å². The van der Waals surface area contributed by atoms with Crippen LogP contribution in [0.5, 0.6) is 0 Å². The first-order chi connectivity index (χ1) is 15.5. The van der Waals surface area contributed by atoms with Crippen LogP contribution in [0.15, 0.2) is 61.2 Å². The van der Waals surface area contributed by atoms with Gasteiger partial charge in [0.15, 0.2) is 11.6 Å². The molecule has 1 aliphatic carbocycles. The molecule has 0 nitrogen and oxygen atoms in total. The molecular formula is C29H29F3. The van der Waals surface area contributed by atoms with Gasteiger partial charge in [-0.05, 0) is 79.9 Å². The molecule has 0 amide bonds. The number of benzene rings is 3. The van der Waals surface area contributed by atoms with Crippen LogP contribution < -0.4 is 0 Å². The molecule has 0 atom stereocenters. The van der Waals surface area contributed by atoms with Gasteiger partial charge in [-0.1, -0.05) is 61.2 Å². The first-order valence-electron chi connectivity index (χ1n) is 11.5. The van der Waals surface area contributed by atoms with Crippen molar-refractivity contribution in [2.24, 2.45) is 11.8 Å². The first-order valence-corrected chi connectivity index (χ1v) is 11.5. The van der Waals surface area contributed by atoms with E-state index in [4.69, 9.17) is 0 Å². The van der Waals surface area contributed by atoms with Gasteiger partial charge in [0, 0.05) is 11.1 Å². The van der Waals surface area contributed by atoms with E-state index >= 15 is 0 Å². The summed E-state index contributed by atoms with van der Waals surface area (Å²) in [7, 11) is 0. The monoisotopic (exact) mass is 434 g/mol. The molecule has 3 aromatic carbocycles. The van der Waals surface area contributed by atoms with Crippen molar-refractivity contribution in [3.63, 3.8) is 0 Å². The van der Waals surface area contributed by atoms with E-state index in [-0.39, 0.29) is 16.5 Å². The third-order valence-corrected chi connectivity index (χ3v) is 6.83. The van der Waals surface area contributed by atoms with Crippen LogP contribution in [-0.2, 0) is 6.42 Å². The fraction of sp³-hybridized carbons (Fsp3) is 0.310. The maximum atomic E-state index is 14.8. The summed E-state index contributed by atoms with van der Waals surface area (Å²) in [5.41, 5.74) is 2.10. The van der Waals surface area contributed by atoms with Gasteiger partial charge in [-0.2, -0.15) is 0 Å².